The number of benzene rings is 2. The van der Waals surface area contributed by atoms with E-state index in [1.807, 2.05) is 73.3 Å². The maximum atomic E-state index is 11.2. The van der Waals surface area contributed by atoms with E-state index in [2.05, 4.69) is 0 Å². The summed E-state index contributed by atoms with van der Waals surface area (Å²) in [7, 11) is 1.98. The Kier molecular flexibility index (Phi) is 3.67. The summed E-state index contributed by atoms with van der Waals surface area (Å²) in [6, 6.07) is 16.0. The van der Waals surface area contributed by atoms with Gasteiger partial charge in [-0.3, -0.25) is 10.1 Å². The molecule has 22 heavy (non-hydrogen) atoms. The van der Waals surface area contributed by atoms with Gasteiger partial charge in [-0.1, -0.05) is 42.5 Å². The van der Waals surface area contributed by atoms with Gasteiger partial charge in [0.1, 0.15) is 0 Å². The fourth-order valence-corrected chi connectivity index (χ4v) is 3.14. The zero-order chi connectivity index (χ0) is 15.7. The van der Waals surface area contributed by atoms with E-state index in [4.69, 9.17) is 0 Å². The second-order valence-electron chi connectivity index (χ2n) is 5.64. The van der Waals surface area contributed by atoms with Gasteiger partial charge >= 0.3 is 0 Å². The van der Waals surface area contributed by atoms with Crippen LogP contribution in [0.5, 0.6) is 0 Å². The summed E-state index contributed by atoms with van der Waals surface area (Å²) in [5.41, 5.74) is 4.22. The van der Waals surface area contributed by atoms with Crippen LogP contribution in [0, 0.1) is 17.0 Å². The first-order valence-electron chi connectivity index (χ1n) is 7.29. The van der Waals surface area contributed by atoms with Gasteiger partial charge in [-0.15, -0.1) is 0 Å². The predicted octanol–water partition coefficient (Wildman–Crippen LogP) is 3.90. The van der Waals surface area contributed by atoms with Crippen molar-refractivity contribution in [3.05, 3.63) is 81.5 Å². The predicted molar refractivity (Wildman–Crippen MR) is 87.8 cm³/mol. The van der Waals surface area contributed by atoms with Crippen molar-refractivity contribution < 1.29 is 4.92 Å². The van der Waals surface area contributed by atoms with Crippen LogP contribution in [0.25, 0.3) is 10.9 Å². The van der Waals surface area contributed by atoms with Crippen molar-refractivity contribution in [2.24, 2.45) is 7.05 Å². The van der Waals surface area contributed by atoms with Gasteiger partial charge in [-0.2, -0.15) is 0 Å². The molecule has 0 spiro atoms. The Morgan fingerprint density at radius 1 is 1.09 bits per heavy atom. The molecule has 4 heteroatoms. The molecule has 0 fully saturated rings. The molecule has 112 valence electrons. The lowest BCUT2D eigenvalue weighted by atomic mass is 9.88. The normalized spacial score (nSPS) is 12.5. The minimum Gasteiger partial charge on any atom is -0.350 e. The number of aromatic nitrogens is 1. The van der Waals surface area contributed by atoms with E-state index in [0.717, 1.165) is 27.6 Å². The molecule has 0 N–H and O–H groups in total. The van der Waals surface area contributed by atoms with E-state index < -0.39 is 0 Å². The van der Waals surface area contributed by atoms with Gasteiger partial charge in [0.2, 0.25) is 6.54 Å². The number of hydrogen-bond acceptors (Lipinski definition) is 2. The summed E-state index contributed by atoms with van der Waals surface area (Å²) in [5, 5.41) is 12.3. The van der Waals surface area contributed by atoms with Crippen molar-refractivity contribution in [3.63, 3.8) is 0 Å². The Labute approximate surface area is 129 Å². The van der Waals surface area contributed by atoms with Gasteiger partial charge in [0.15, 0.2) is 0 Å². The van der Waals surface area contributed by atoms with Gasteiger partial charge < -0.3 is 4.57 Å². The van der Waals surface area contributed by atoms with Gasteiger partial charge in [-0.25, -0.2) is 0 Å². The average molecular weight is 294 g/mol. The Balaban J connectivity index is 2.21. The molecule has 0 unspecified atom stereocenters. The van der Waals surface area contributed by atoms with Crippen LogP contribution in [0.4, 0.5) is 0 Å². The summed E-state index contributed by atoms with van der Waals surface area (Å²) in [6.07, 6.45) is 2.02. The molecule has 0 bridgehead atoms. The van der Waals surface area contributed by atoms with Crippen LogP contribution in [-0.2, 0) is 7.05 Å². The molecule has 1 aromatic heterocycles. The summed E-state index contributed by atoms with van der Waals surface area (Å²) in [6.45, 7) is 1.91. The fourth-order valence-electron chi connectivity index (χ4n) is 3.14. The average Bonchev–Trinajstić information content (AvgIpc) is 2.83. The van der Waals surface area contributed by atoms with Gasteiger partial charge in [0.25, 0.3) is 0 Å². The molecule has 3 rings (SSSR count). The first-order chi connectivity index (χ1) is 10.6. The first-order valence-corrected chi connectivity index (χ1v) is 7.29. The molecule has 0 amide bonds. The standard InChI is InChI=1S/C18H18N2O2/c1-13-7-3-4-8-14(13)17(12-20(21)22)16-11-19(2)18-10-6-5-9-15(16)18/h3-11,17H,12H2,1-2H3/t17-/m0/s1. The Morgan fingerprint density at radius 2 is 1.77 bits per heavy atom. The number of hydrogen-bond donors (Lipinski definition) is 0. The minimum atomic E-state index is -0.234. The molecule has 0 aliphatic carbocycles. The van der Waals surface area contributed by atoms with E-state index >= 15 is 0 Å². The zero-order valence-electron chi connectivity index (χ0n) is 12.7. The third-order valence-electron chi connectivity index (χ3n) is 4.20. The molecule has 4 nitrogen and oxygen atoms in total. The van der Waals surface area contributed by atoms with Crippen molar-refractivity contribution in [1.29, 1.82) is 0 Å². The topological polar surface area (TPSA) is 48.1 Å². The fraction of sp³-hybridized carbons (Fsp3) is 0.222. The minimum absolute atomic E-state index is 0.0984. The van der Waals surface area contributed by atoms with Crippen LogP contribution in [0.1, 0.15) is 22.6 Å². The number of aryl methyl sites for hydroxylation is 2. The number of para-hydroxylation sites is 1. The maximum Gasteiger partial charge on any atom is 0.214 e. The van der Waals surface area contributed by atoms with Gasteiger partial charge in [0.05, 0.1) is 5.92 Å². The molecule has 0 aliphatic heterocycles. The lowest BCUT2D eigenvalue weighted by molar-refractivity contribution is -0.481. The van der Waals surface area contributed by atoms with Gasteiger partial charge in [-0.05, 0) is 29.7 Å². The maximum absolute atomic E-state index is 11.2. The van der Waals surface area contributed by atoms with Crippen LogP contribution in [0.2, 0.25) is 0 Å². The van der Waals surface area contributed by atoms with Crippen molar-refractivity contribution >= 4 is 10.9 Å². The van der Waals surface area contributed by atoms with Crippen LogP contribution >= 0.6 is 0 Å². The molecular weight excluding hydrogens is 276 g/mol. The van der Waals surface area contributed by atoms with E-state index in [1.165, 1.54) is 0 Å². The molecule has 0 saturated heterocycles. The second kappa shape index (κ2) is 5.64. The van der Waals surface area contributed by atoms with Crippen molar-refractivity contribution in [1.82, 2.24) is 4.57 Å². The van der Waals surface area contributed by atoms with Crippen molar-refractivity contribution in [2.75, 3.05) is 6.54 Å². The van der Waals surface area contributed by atoms with E-state index in [9.17, 15) is 10.1 Å². The summed E-state index contributed by atoms with van der Waals surface area (Å²) in [4.78, 5) is 11.0. The highest BCUT2D eigenvalue weighted by Gasteiger charge is 2.25. The van der Waals surface area contributed by atoms with Crippen LogP contribution in [-0.4, -0.2) is 16.0 Å². The van der Waals surface area contributed by atoms with E-state index in [0.29, 0.717) is 0 Å². The molecule has 3 aromatic rings. The van der Waals surface area contributed by atoms with E-state index in [-0.39, 0.29) is 17.4 Å². The molecule has 1 atom stereocenters. The lowest BCUT2D eigenvalue weighted by Gasteiger charge is -2.15. The Bertz CT molecular complexity index is 836. The number of rotatable bonds is 4. The second-order valence-corrected chi connectivity index (χ2v) is 5.64. The number of fused-ring (bicyclic) bond motifs is 1. The number of nitro groups is 1. The molecule has 1 heterocycles. The third-order valence-corrected chi connectivity index (χ3v) is 4.20. The first kappa shape index (κ1) is 14.3. The van der Waals surface area contributed by atoms with E-state index in [1.54, 1.807) is 0 Å². The molecule has 0 radical (unpaired) electrons. The molecule has 0 saturated carbocycles. The van der Waals surface area contributed by atoms with Gasteiger partial charge in [0, 0.05) is 29.1 Å². The number of nitrogens with zero attached hydrogens (tertiary/aromatic N) is 2. The third kappa shape index (κ3) is 2.48. The van der Waals surface area contributed by atoms with Crippen LogP contribution in [0.15, 0.2) is 54.7 Å². The lowest BCUT2D eigenvalue weighted by Crippen LogP contribution is -2.14. The largest absolute Gasteiger partial charge is 0.350 e. The smallest absolute Gasteiger partial charge is 0.214 e. The monoisotopic (exact) mass is 294 g/mol. The SMILES string of the molecule is Cc1ccccc1[C@H](C[N+](=O)[O-])c1cn(C)c2ccccc12. The van der Waals surface area contributed by atoms with Crippen molar-refractivity contribution in [3.8, 4) is 0 Å². The summed E-state index contributed by atoms with van der Waals surface area (Å²) in [5.74, 6) is -0.234. The van der Waals surface area contributed by atoms with Crippen LogP contribution in [0.3, 0.4) is 0 Å². The van der Waals surface area contributed by atoms with Crippen molar-refractivity contribution in [2.45, 2.75) is 12.8 Å². The Hall–Kier alpha value is -2.62. The quantitative estimate of drug-likeness (QED) is 0.541. The molecular formula is C18H18N2O2. The highest BCUT2D eigenvalue weighted by atomic mass is 16.6. The van der Waals surface area contributed by atoms with Crippen LogP contribution < -0.4 is 0 Å². The highest BCUT2D eigenvalue weighted by molar-refractivity contribution is 5.85. The summed E-state index contributed by atoms with van der Waals surface area (Å²) >= 11 is 0. The molecule has 0 aliphatic rings. The summed E-state index contributed by atoms with van der Waals surface area (Å²) < 4.78 is 2.04. The molecule has 2 aromatic carbocycles. The highest BCUT2D eigenvalue weighted by Crippen LogP contribution is 2.33. The Morgan fingerprint density at radius 3 is 2.50 bits per heavy atom. The zero-order valence-corrected chi connectivity index (χ0v) is 12.7.